The standard InChI is InChI=1S/C25H32N2O3/c1-20-12-15-26(16-13-20)24(28)14-17-27(19-22-6-4-3-5-7-22)25(29)18-21-8-10-23(30-2)11-9-21/h3-11,20H,12-19H2,1-2H3. The summed E-state index contributed by atoms with van der Waals surface area (Å²) in [7, 11) is 1.63. The first-order valence-electron chi connectivity index (χ1n) is 10.8. The molecule has 160 valence electrons. The van der Waals surface area contributed by atoms with E-state index in [0.29, 0.717) is 31.8 Å². The molecule has 2 aromatic carbocycles. The molecule has 1 heterocycles. The summed E-state index contributed by atoms with van der Waals surface area (Å²) >= 11 is 0. The van der Waals surface area contributed by atoms with Crippen LogP contribution < -0.4 is 4.74 Å². The maximum Gasteiger partial charge on any atom is 0.227 e. The number of rotatable bonds is 8. The molecule has 0 aliphatic carbocycles. The number of amides is 2. The first-order chi connectivity index (χ1) is 14.5. The largest absolute Gasteiger partial charge is 0.497 e. The lowest BCUT2D eigenvalue weighted by Crippen LogP contribution is -2.40. The van der Waals surface area contributed by atoms with Gasteiger partial charge in [-0.2, -0.15) is 0 Å². The zero-order chi connectivity index (χ0) is 21.3. The zero-order valence-corrected chi connectivity index (χ0v) is 18.0. The van der Waals surface area contributed by atoms with E-state index >= 15 is 0 Å². The number of likely N-dealkylation sites (tertiary alicyclic amines) is 1. The van der Waals surface area contributed by atoms with Crippen LogP contribution in [0.2, 0.25) is 0 Å². The van der Waals surface area contributed by atoms with Crippen molar-refractivity contribution in [2.24, 2.45) is 5.92 Å². The van der Waals surface area contributed by atoms with E-state index in [-0.39, 0.29) is 11.8 Å². The van der Waals surface area contributed by atoms with E-state index in [9.17, 15) is 9.59 Å². The zero-order valence-electron chi connectivity index (χ0n) is 18.0. The van der Waals surface area contributed by atoms with Gasteiger partial charge in [-0.05, 0) is 42.0 Å². The number of nitrogens with zero attached hydrogens (tertiary/aromatic N) is 2. The number of hydrogen-bond acceptors (Lipinski definition) is 3. The van der Waals surface area contributed by atoms with E-state index in [1.54, 1.807) is 7.11 Å². The highest BCUT2D eigenvalue weighted by Crippen LogP contribution is 2.18. The third-order valence-electron chi connectivity index (χ3n) is 5.82. The van der Waals surface area contributed by atoms with Crippen LogP contribution in [0.25, 0.3) is 0 Å². The smallest absolute Gasteiger partial charge is 0.227 e. The van der Waals surface area contributed by atoms with E-state index < -0.39 is 0 Å². The molecule has 2 aromatic rings. The van der Waals surface area contributed by atoms with Crippen LogP contribution in [0.5, 0.6) is 5.75 Å². The predicted octanol–water partition coefficient (Wildman–Crippen LogP) is 3.92. The second-order valence-corrected chi connectivity index (χ2v) is 8.14. The lowest BCUT2D eigenvalue weighted by molar-refractivity contribution is -0.135. The summed E-state index contributed by atoms with van der Waals surface area (Å²) in [6.45, 7) is 4.85. The normalized spacial score (nSPS) is 14.4. The van der Waals surface area contributed by atoms with Gasteiger partial charge < -0.3 is 14.5 Å². The van der Waals surface area contributed by atoms with Crippen LogP contribution in [0, 0.1) is 5.92 Å². The molecule has 0 radical (unpaired) electrons. The average molecular weight is 409 g/mol. The molecular formula is C25H32N2O3. The van der Waals surface area contributed by atoms with Crippen molar-refractivity contribution >= 4 is 11.8 Å². The summed E-state index contributed by atoms with van der Waals surface area (Å²) in [5, 5.41) is 0. The van der Waals surface area contributed by atoms with Gasteiger partial charge in [-0.25, -0.2) is 0 Å². The molecule has 1 aliphatic rings. The fraction of sp³-hybridized carbons (Fsp3) is 0.440. The fourth-order valence-electron chi connectivity index (χ4n) is 3.77. The minimum absolute atomic E-state index is 0.0316. The highest BCUT2D eigenvalue weighted by Gasteiger charge is 2.22. The maximum atomic E-state index is 13.1. The molecule has 5 heteroatoms. The van der Waals surface area contributed by atoms with Crippen LogP contribution >= 0.6 is 0 Å². The molecule has 1 fully saturated rings. The highest BCUT2D eigenvalue weighted by atomic mass is 16.5. The number of benzene rings is 2. The van der Waals surface area contributed by atoms with Gasteiger partial charge in [0.25, 0.3) is 0 Å². The number of hydrogen-bond donors (Lipinski definition) is 0. The Balaban J connectivity index is 1.63. The molecule has 1 aliphatic heterocycles. The molecule has 0 aromatic heterocycles. The van der Waals surface area contributed by atoms with E-state index in [1.165, 1.54) is 0 Å². The lowest BCUT2D eigenvalue weighted by atomic mass is 9.99. The molecule has 0 spiro atoms. The van der Waals surface area contributed by atoms with Crippen LogP contribution in [-0.2, 0) is 22.6 Å². The molecule has 1 saturated heterocycles. The number of carbonyl (C=O) groups excluding carboxylic acids is 2. The van der Waals surface area contributed by atoms with E-state index in [2.05, 4.69) is 6.92 Å². The highest BCUT2D eigenvalue weighted by molar-refractivity contribution is 5.80. The van der Waals surface area contributed by atoms with Gasteiger partial charge >= 0.3 is 0 Å². The quantitative estimate of drug-likeness (QED) is 0.665. The van der Waals surface area contributed by atoms with Crippen LogP contribution in [0.15, 0.2) is 54.6 Å². The average Bonchev–Trinajstić information content (AvgIpc) is 2.78. The van der Waals surface area contributed by atoms with Gasteiger partial charge in [-0.1, -0.05) is 49.4 Å². The summed E-state index contributed by atoms with van der Waals surface area (Å²) < 4.78 is 5.19. The Bertz CT molecular complexity index is 812. The van der Waals surface area contributed by atoms with Gasteiger partial charge in [-0.15, -0.1) is 0 Å². The van der Waals surface area contributed by atoms with Gasteiger partial charge in [0.15, 0.2) is 0 Å². The number of piperidine rings is 1. The summed E-state index contributed by atoms with van der Waals surface area (Å²) in [6, 6.07) is 17.5. The topological polar surface area (TPSA) is 49.9 Å². The van der Waals surface area contributed by atoms with Gasteiger partial charge in [0, 0.05) is 32.6 Å². The third kappa shape index (κ3) is 6.34. The second kappa shape index (κ2) is 10.8. The first-order valence-corrected chi connectivity index (χ1v) is 10.8. The Labute approximate surface area is 179 Å². The Hall–Kier alpha value is -2.82. The first kappa shape index (κ1) is 21.9. The summed E-state index contributed by atoms with van der Waals surface area (Å²) in [5.41, 5.74) is 2.01. The summed E-state index contributed by atoms with van der Waals surface area (Å²) in [6.07, 6.45) is 2.81. The van der Waals surface area contributed by atoms with Crippen molar-refractivity contribution in [2.45, 2.75) is 39.2 Å². The molecule has 0 bridgehead atoms. The summed E-state index contributed by atoms with van der Waals surface area (Å²) in [5.74, 6) is 1.64. The molecule has 0 unspecified atom stereocenters. The predicted molar refractivity (Wildman–Crippen MR) is 118 cm³/mol. The van der Waals surface area contributed by atoms with Crippen molar-refractivity contribution in [1.29, 1.82) is 0 Å². The Morgan fingerprint density at radius 2 is 1.67 bits per heavy atom. The Morgan fingerprint density at radius 1 is 1.00 bits per heavy atom. The minimum Gasteiger partial charge on any atom is -0.497 e. The van der Waals surface area contributed by atoms with Crippen LogP contribution in [0.1, 0.15) is 37.3 Å². The number of methoxy groups -OCH3 is 1. The van der Waals surface area contributed by atoms with E-state index in [4.69, 9.17) is 4.74 Å². The molecular weight excluding hydrogens is 376 g/mol. The Kier molecular flexibility index (Phi) is 7.89. The molecule has 30 heavy (non-hydrogen) atoms. The monoisotopic (exact) mass is 408 g/mol. The summed E-state index contributed by atoms with van der Waals surface area (Å²) in [4.78, 5) is 29.5. The van der Waals surface area contributed by atoms with Crippen molar-refractivity contribution in [2.75, 3.05) is 26.7 Å². The van der Waals surface area contributed by atoms with Crippen molar-refractivity contribution < 1.29 is 14.3 Å². The second-order valence-electron chi connectivity index (χ2n) is 8.14. The maximum absolute atomic E-state index is 13.1. The van der Waals surface area contributed by atoms with Crippen molar-refractivity contribution in [1.82, 2.24) is 9.80 Å². The molecule has 0 N–H and O–H groups in total. The molecule has 0 saturated carbocycles. The minimum atomic E-state index is 0.0316. The third-order valence-corrected chi connectivity index (χ3v) is 5.82. The van der Waals surface area contributed by atoms with Crippen LogP contribution in [0.3, 0.4) is 0 Å². The SMILES string of the molecule is COc1ccc(CC(=O)N(CCC(=O)N2CCC(C)CC2)Cc2ccccc2)cc1. The number of carbonyl (C=O) groups is 2. The molecule has 5 nitrogen and oxygen atoms in total. The van der Waals surface area contributed by atoms with E-state index in [1.807, 2.05) is 64.4 Å². The lowest BCUT2D eigenvalue weighted by Gasteiger charge is -2.31. The van der Waals surface area contributed by atoms with Crippen molar-refractivity contribution in [3.63, 3.8) is 0 Å². The molecule has 2 amide bonds. The molecule has 0 atom stereocenters. The van der Waals surface area contributed by atoms with Crippen LogP contribution in [0.4, 0.5) is 0 Å². The van der Waals surface area contributed by atoms with Gasteiger partial charge in [0.1, 0.15) is 5.75 Å². The van der Waals surface area contributed by atoms with Gasteiger partial charge in [0.2, 0.25) is 11.8 Å². The van der Waals surface area contributed by atoms with Gasteiger partial charge in [0.05, 0.1) is 13.5 Å². The van der Waals surface area contributed by atoms with E-state index in [0.717, 1.165) is 42.8 Å². The van der Waals surface area contributed by atoms with Crippen LogP contribution in [-0.4, -0.2) is 48.4 Å². The Morgan fingerprint density at radius 3 is 2.30 bits per heavy atom. The number of ether oxygens (including phenoxy) is 1. The fourth-order valence-corrected chi connectivity index (χ4v) is 3.77. The van der Waals surface area contributed by atoms with Gasteiger partial charge in [-0.3, -0.25) is 9.59 Å². The van der Waals surface area contributed by atoms with Crippen molar-refractivity contribution in [3.05, 3.63) is 65.7 Å². The van der Waals surface area contributed by atoms with Crippen molar-refractivity contribution in [3.8, 4) is 5.75 Å². The molecule has 3 rings (SSSR count).